The van der Waals surface area contributed by atoms with Crippen LogP contribution in [-0.4, -0.2) is 42.4 Å². The number of carbonyl (C=O) groups excluding carboxylic acids is 2. The lowest BCUT2D eigenvalue weighted by atomic mass is 9.94. The minimum atomic E-state index is -0.0592. The van der Waals surface area contributed by atoms with Crippen LogP contribution in [0.5, 0.6) is 0 Å². The van der Waals surface area contributed by atoms with Crippen molar-refractivity contribution in [2.45, 2.75) is 32.2 Å². The highest BCUT2D eigenvalue weighted by Crippen LogP contribution is 2.23. The van der Waals surface area contributed by atoms with Crippen LogP contribution in [0.2, 0.25) is 0 Å². The quantitative estimate of drug-likeness (QED) is 0.719. The molecule has 5 heteroatoms. The Morgan fingerprint density at radius 2 is 2.00 bits per heavy atom. The molecular formula is C14H23N3O2. The van der Waals surface area contributed by atoms with E-state index in [0.29, 0.717) is 19.6 Å². The fourth-order valence-electron chi connectivity index (χ4n) is 2.83. The molecule has 2 aliphatic rings. The van der Waals surface area contributed by atoms with Crippen LogP contribution in [0, 0.1) is 11.8 Å². The number of nitrogens with zero attached hydrogens (tertiary/aromatic N) is 1. The molecular weight excluding hydrogens is 242 g/mol. The second-order valence-corrected chi connectivity index (χ2v) is 5.39. The van der Waals surface area contributed by atoms with Crippen molar-refractivity contribution in [2.75, 3.05) is 19.6 Å². The number of nitrogens with one attached hydrogen (secondary N) is 1. The monoisotopic (exact) mass is 265 g/mol. The lowest BCUT2D eigenvalue weighted by Crippen LogP contribution is -2.44. The summed E-state index contributed by atoms with van der Waals surface area (Å²) >= 11 is 0. The molecule has 1 aliphatic heterocycles. The van der Waals surface area contributed by atoms with Crippen LogP contribution in [0.15, 0.2) is 12.2 Å². The van der Waals surface area contributed by atoms with Crippen LogP contribution in [-0.2, 0) is 9.59 Å². The first-order chi connectivity index (χ1) is 9.11. The average Bonchev–Trinajstić information content (AvgIpc) is 2.85. The zero-order valence-corrected chi connectivity index (χ0v) is 11.5. The van der Waals surface area contributed by atoms with E-state index in [4.69, 9.17) is 5.73 Å². The molecule has 0 aromatic heterocycles. The van der Waals surface area contributed by atoms with Gasteiger partial charge in [-0.25, -0.2) is 0 Å². The molecule has 0 spiro atoms. The molecule has 1 fully saturated rings. The van der Waals surface area contributed by atoms with Gasteiger partial charge in [-0.15, -0.1) is 0 Å². The van der Waals surface area contributed by atoms with E-state index in [0.717, 1.165) is 19.3 Å². The third-order valence-electron chi connectivity index (χ3n) is 3.96. The first-order valence-electron chi connectivity index (χ1n) is 7.12. The third-order valence-corrected chi connectivity index (χ3v) is 3.96. The minimum Gasteiger partial charge on any atom is -0.356 e. The van der Waals surface area contributed by atoms with Crippen molar-refractivity contribution in [1.29, 1.82) is 0 Å². The fourth-order valence-corrected chi connectivity index (χ4v) is 2.83. The van der Waals surface area contributed by atoms with E-state index in [1.54, 1.807) is 0 Å². The maximum Gasteiger partial charge on any atom is 0.229 e. The lowest BCUT2D eigenvalue weighted by molar-refractivity contribution is -0.137. The van der Waals surface area contributed by atoms with Crippen molar-refractivity contribution >= 4 is 11.8 Å². The Kier molecular flexibility index (Phi) is 4.58. The number of carbonyl (C=O) groups is 2. The first-order valence-corrected chi connectivity index (χ1v) is 7.12. The Labute approximate surface area is 114 Å². The topological polar surface area (TPSA) is 75.4 Å². The summed E-state index contributed by atoms with van der Waals surface area (Å²) in [6.45, 7) is 3.95. The van der Waals surface area contributed by atoms with Gasteiger partial charge in [-0.1, -0.05) is 12.2 Å². The van der Waals surface area contributed by atoms with Crippen LogP contribution in [0.1, 0.15) is 26.2 Å². The van der Waals surface area contributed by atoms with Crippen molar-refractivity contribution in [1.82, 2.24) is 10.2 Å². The number of likely N-dealkylation sites (tertiary alicyclic amines) is 1. The molecule has 2 unspecified atom stereocenters. The Morgan fingerprint density at radius 1 is 1.32 bits per heavy atom. The van der Waals surface area contributed by atoms with Crippen LogP contribution in [0.4, 0.5) is 0 Å². The molecule has 0 radical (unpaired) electrons. The van der Waals surface area contributed by atoms with Crippen LogP contribution < -0.4 is 11.1 Å². The maximum absolute atomic E-state index is 12.3. The van der Waals surface area contributed by atoms with Crippen molar-refractivity contribution in [3.8, 4) is 0 Å². The second kappa shape index (κ2) is 6.19. The average molecular weight is 265 g/mol. The van der Waals surface area contributed by atoms with Gasteiger partial charge in [-0.2, -0.15) is 0 Å². The van der Waals surface area contributed by atoms with Crippen molar-refractivity contribution in [3.05, 3.63) is 12.2 Å². The Morgan fingerprint density at radius 3 is 2.53 bits per heavy atom. The van der Waals surface area contributed by atoms with E-state index in [1.165, 1.54) is 0 Å². The zero-order valence-electron chi connectivity index (χ0n) is 11.5. The van der Waals surface area contributed by atoms with Gasteiger partial charge in [0.05, 0.1) is 5.92 Å². The van der Waals surface area contributed by atoms with Crippen molar-refractivity contribution in [2.24, 2.45) is 17.6 Å². The molecule has 106 valence electrons. The number of amides is 2. The second-order valence-electron chi connectivity index (χ2n) is 5.39. The summed E-state index contributed by atoms with van der Waals surface area (Å²) in [5.41, 5.74) is 5.78. The lowest BCUT2D eigenvalue weighted by Gasteiger charge is -2.32. The molecule has 1 saturated heterocycles. The SMILES string of the molecule is CCNC(=O)C1CCN(C(=O)C2C=CC(N)C2)CC1. The number of rotatable bonds is 3. The summed E-state index contributed by atoms with van der Waals surface area (Å²) in [5.74, 6) is 0.289. The van der Waals surface area contributed by atoms with E-state index in [-0.39, 0.29) is 29.7 Å². The summed E-state index contributed by atoms with van der Waals surface area (Å²) in [5, 5.41) is 2.85. The van der Waals surface area contributed by atoms with Crippen LogP contribution in [0.3, 0.4) is 0 Å². The number of nitrogens with two attached hydrogens (primary N) is 1. The molecule has 1 heterocycles. The summed E-state index contributed by atoms with van der Waals surface area (Å²) in [7, 11) is 0. The van der Waals surface area contributed by atoms with Gasteiger partial charge in [0.2, 0.25) is 11.8 Å². The van der Waals surface area contributed by atoms with Gasteiger partial charge in [0.1, 0.15) is 0 Å². The number of hydrogen-bond acceptors (Lipinski definition) is 3. The van der Waals surface area contributed by atoms with Gasteiger partial charge in [-0.05, 0) is 26.2 Å². The molecule has 2 amide bonds. The van der Waals surface area contributed by atoms with E-state index in [2.05, 4.69) is 5.32 Å². The first kappa shape index (κ1) is 14.1. The predicted molar refractivity (Wildman–Crippen MR) is 73.2 cm³/mol. The highest BCUT2D eigenvalue weighted by atomic mass is 16.2. The third kappa shape index (κ3) is 3.35. The van der Waals surface area contributed by atoms with Gasteiger partial charge >= 0.3 is 0 Å². The molecule has 3 N–H and O–H groups in total. The van der Waals surface area contributed by atoms with Crippen molar-refractivity contribution < 1.29 is 9.59 Å². The van der Waals surface area contributed by atoms with E-state index in [9.17, 15) is 9.59 Å². The standard InChI is InChI=1S/C14H23N3O2/c1-2-16-13(18)10-5-7-17(8-6-10)14(19)11-3-4-12(15)9-11/h3-4,10-12H,2,5-9,15H2,1H3,(H,16,18). The highest BCUT2D eigenvalue weighted by Gasteiger charge is 2.31. The van der Waals surface area contributed by atoms with E-state index in [1.807, 2.05) is 24.0 Å². The normalized spacial score (nSPS) is 27.6. The van der Waals surface area contributed by atoms with Gasteiger partial charge in [0, 0.05) is 31.6 Å². The smallest absolute Gasteiger partial charge is 0.229 e. The Bertz CT molecular complexity index is 373. The van der Waals surface area contributed by atoms with Gasteiger partial charge < -0.3 is 16.0 Å². The van der Waals surface area contributed by atoms with Gasteiger partial charge in [0.15, 0.2) is 0 Å². The van der Waals surface area contributed by atoms with E-state index < -0.39 is 0 Å². The maximum atomic E-state index is 12.3. The summed E-state index contributed by atoms with van der Waals surface area (Å²) in [4.78, 5) is 25.9. The number of hydrogen-bond donors (Lipinski definition) is 2. The van der Waals surface area contributed by atoms with Crippen molar-refractivity contribution in [3.63, 3.8) is 0 Å². The van der Waals surface area contributed by atoms with Gasteiger partial charge in [-0.3, -0.25) is 9.59 Å². The van der Waals surface area contributed by atoms with Gasteiger partial charge in [0.25, 0.3) is 0 Å². The molecule has 0 aromatic carbocycles. The molecule has 5 nitrogen and oxygen atoms in total. The Balaban J connectivity index is 1.81. The fraction of sp³-hybridized carbons (Fsp3) is 0.714. The Hall–Kier alpha value is -1.36. The number of piperidine rings is 1. The molecule has 2 rings (SSSR count). The highest BCUT2D eigenvalue weighted by molar-refractivity contribution is 5.82. The zero-order chi connectivity index (χ0) is 13.8. The molecule has 2 atom stereocenters. The summed E-state index contributed by atoms with van der Waals surface area (Å²) in [6, 6.07) is 0.0156. The van der Waals surface area contributed by atoms with Crippen LogP contribution in [0.25, 0.3) is 0 Å². The predicted octanol–water partition coefficient (Wildman–Crippen LogP) is 0.265. The summed E-state index contributed by atoms with van der Waals surface area (Å²) in [6.07, 6.45) is 6.07. The minimum absolute atomic E-state index is 0.0156. The summed E-state index contributed by atoms with van der Waals surface area (Å²) < 4.78 is 0. The molecule has 19 heavy (non-hydrogen) atoms. The largest absolute Gasteiger partial charge is 0.356 e. The molecule has 1 aliphatic carbocycles. The van der Waals surface area contributed by atoms with E-state index >= 15 is 0 Å². The molecule has 0 saturated carbocycles. The molecule has 0 aromatic rings. The molecule has 0 bridgehead atoms. The van der Waals surface area contributed by atoms with Crippen LogP contribution >= 0.6 is 0 Å².